The van der Waals surface area contributed by atoms with Crippen LogP contribution in [-0.2, 0) is 4.79 Å². The van der Waals surface area contributed by atoms with Gasteiger partial charge in [-0.3, -0.25) is 10.2 Å². The molecule has 0 saturated carbocycles. The van der Waals surface area contributed by atoms with E-state index in [9.17, 15) is 4.79 Å². The summed E-state index contributed by atoms with van der Waals surface area (Å²) in [6.45, 7) is 4.15. The van der Waals surface area contributed by atoms with Crippen LogP contribution in [0.2, 0.25) is 0 Å². The Morgan fingerprint density at radius 2 is 2.10 bits per heavy atom. The normalized spacial score (nSPS) is 10.6. The highest BCUT2D eigenvalue weighted by Crippen LogP contribution is 2.28. The number of carbonyl (C=O) groups is 1. The van der Waals surface area contributed by atoms with Gasteiger partial charge >= 0.3 is 0 Å². The fraction of sp³-hybridized carbons (Fsp3) is 0.308. The molecule has 2 aromatic rings. The number of hydrogen-bond acceptors (Lipinski definition) is 4. The molecule has 1 N–H and O–H groups in total. The van der Waals surface area contributed by atoms with Gasteiger partial charge in [-0.2, -0.15) is 0 Å². The van der Waals surface area contributed by atoms with Crippen molar-refractivity contribution >= 4 is 21.8 Å². The molecular weight excluding hydrogens is 324 g/mol. The van der Waals surface area contributed by atoms with Crippen LogP contribution in [0.3, 0.4) is 0 Å². The molecule has 1 heterocycles. The molecule has 0 radical (unpaired) electrons. The highest BCUT2D eigenvalue weighted by molar-refractivity contribution is 9.10. The summed E-state index contributed by atoms with van der Waals surface area (Å²) in [6.07, 6.45) is 2.79. The van der Waals surface area contributed by atoms with Crippen molar-refractivity contribution in [3.8, 4) is 5.75 Å². The molecule has 0 aliphatic heterocycles. The fourth-order valence-electron chi connectivity index (χ4n) is 1.57. The van der Waals surface area contributed by atoms with Crippen LogP contribution in [0.25, 0.3) is 0 Å². The number of hydrogen-bond donors (Lipinski definition) is 1. The summed E-state index contributed by atoms with van der Waals surface area (Å²) in [5.74, 6) is 0.787. The molecule has 0 fully saturated rings. The second-order valence-corrected chi connectivity index (χ2v) is 5.39. The van der Waals surface area contributed by atoms with E-state index in [1.165, 1.54) is 22.9 Å². The topological polar surface area (TPSA) is 69.0 Å². The van der Waals surface area contributed by atoms with E-state index in [2.05, 4.69) is 45.4 Å². The molecule has 7 heteroatoms. The predicted octanol–water partition coefficient (Wildman–Crippen LogP) is 2.31. The monoisotopic (exact) mass is 338 g/mol. The zero-order valence-corrected chi connectivity index (χ0v) is 12.8. The molecule has 20 heavy (non-hydrogen) atoms. The Kier molecular flexibility index (Phi) is 4.73. The fourth-order valence-corrected chi connectivity index (χ4v) is 2.08. The molecule has 6 nitrogen and oxygen atoms in total. The van der Waals surface area contributed by atoms with E-state index in [1.807, 2.05) is 18.2 Å². The summed E-state index contributed by atoms with van der Waals surface area (Å²) in [4.78, 5) is 11.6. The Hall–Kier alpha value is -1.89. The standard InChI is InChI=1S/C13H15BrN4O2/c1-9(2)10-3-4-12(11(14)5-10)20-6-13(19)17-18-7-15-16-8-18/h3-5,7-9H,6H2,1-2H3,(H,17,19). The number of ether oxygens (including phenoxy) is 1. The summed E-state index contributed by atoms with van der Waals surface area (Å²) >= 11 is 3.44. The van der Waals surface area contributed by atoms with Gasteiger partial charge < -0.3 is 4.74 Å². The minimum absolute atomic E-state index is 0.0855. The summed E-state index contributed by atoms with van der Waals surface area (Å²) in [5.41, 5.74) is 3.76. The van der Waals surface area contributed by atoms with Gasteiger partial charge in [-0.15, -0.1) is 10.2 Å². The third-order valence-electron chi connectivity index (χ3n) is 2.65. The number of nitrogens with one attached hydrogen (secondary N) is 1. The van der Waals surface area contributed by atoms with E-state index in [1.54, 1.807) is 0 Å². The van der Waals surface area contributed by atoms with Crippen molar-refractivity contribution in [3.63, 3.8) is 0 Å². The Morgan fingerprint density at radius 3 is 2.70 bits per heavy atom. The largest absolute Gasteiger partial charge is 0.483 e. The van der Waals surface area contributed by atoms with Gasteiger partial charge in [0.15, 0.2) is 6.61 Å². The van der Waals surface area contributed by atoms with Crippen LogP contribution in [0, 0.1) is 0 Å². The van der Waals surface area contributed by atoms with Crippen molar-refractivity contribution in [2.75, 3.05) is 12.0 Å². The quantitative estimate of drug-likeness (QED) is 0.908. The van der Waals surface area contributed by atoms with Crippen LogP contribution < -0.4 is 10.2 Å². The highest BCUT2D eigenvalue weighted by Gasteiger charge is 2.08. The van der Waals surface area contributed by atoms with E-state index in [0.29, 0.717) is 11.7 Å². The molecule has 2 rings (SSSR count). The molecule has 1 aromatic heterocycles. The first-order valence-corrected chi connectivity index (χ1v) is 6.92. The molecule has 0 atom stereocenters. The zero-order valence-electron chi connectivity index (χ0n) is 11.2. The molecule has 106 valence electrons. The SMILES string of the molecule is CC(C)c1ccc(OCC(=O)Nn2cnnc2)c(Br)c1. The maximum absolute atomic E-state index is 11.6. The Balaban J connectivity index is 1.92. The van der Waals surface area contributed by atoms with Crippen molar-refractivity contribution < 1.29 is 9.53 Å². The van der Waals surface area contributed by atoms with Gasteiger partial charge in [0.25, 0.3) is 5.91 Å². The van der Waals surface area contributed by atoms with Crippen LogP contribution in [0.15, 0.2) is 35.3 Å². The molecule has 0 spiro atoms. The Bertz CT molecular complexity index is 584. The van der Waals surface area contributed by atoms with Gasteiger partial charge in [-0.1, -0.05) is 19.9 Å². The number of halogens is 1. The summed E-state index contributed by atoms with van der Waals surface area (Å²) < 4.78 is 7.67. The minimum Gasteiger partial charge on any atom is -0.483 e. The van der Waals surface area contributed by atoms with Crippen LogP contribution in [-0.4, -0.2) is 27.4 Å². The smallest absolute Gasteiger partial charge is 0.276 e. The van der Waals surface area contributed by atoms with E-state index in [4.69, 9.17) is 4.74 Å². The van der Waals surface area contributed by atoms with Gasteiger partial charge in [0.05, 0.1) is 4.47 Å². The number of benzene rings is 1. The first-order valence-electron chi connectivity index (χ1n) is 6.13. The summed E-state index contributed by atoms with van der Waals surface area (Å²) in [6, 6.07) is 5.84. The number of amides is 1. The van der Waals surface area contributed by atoms with Crippen LogP contribution in [0.4, 0.5) is 0 Å². The van der Waals surface area contributed by atoms with Crippen LogP contribution in [0.5, 0.6) is 5.75 Å². The third-order valence-corrected chi connectivity index (χ3v) is 3.27. The number of aromatic nitrogens is 3. The first-order chi connectivity index (χ1) is 9.56. The van der Waals surface area contributed by atoms with Crippen molar-refractivity contribution in [2.45, 2.75) is 19.8 Å². The number of carbonyl (C=O) groups excluding carboxylic acids is 1. The molecular formula is C13H15BrN4O2. The predicted molar refractivity (Wildman–Crippen MR) is 78.1 cm³/mol. The van der Waals surface area contributed by atoms with E-state index in [0.717, 1.165) is 4.47 Å². The van der Waals surface area contributed by atoms with E-state index < -0.39 is 0 Å². The highest BCUT2D eigenvalue weighted by atomic mass is 79.9. The molecule has 0 unspecified atom stereocenters. The lowest BCUT2D eigenvalue weighted by Crippen LogP contribution is -2.27. The average Bonchev–Trinajstić information content (AvgIpc) is 2.90. The average molecular weight is 339 g/mol. The van der Waals surface area contributed by atoms with E-state index >= 15 is 0 Å². The third kappa shape index (κ3) is 3.80. The lowest BCUT2D eigenvalue weighted by atomic mass is 10.0. The molecule has 0 aliphatic rings. The van der Waals surface area contributed by atoms with Crippen LogP contribution in [0.1, 0.15) is 25.3 Å². The van der Waals surface area contributed by atoms with Gasteiger partial charge in [-0.25, -0.2) is 4.68 Å². The second-order valence-electron chi connectivity index (χ2n) is 4.54. The Morgan fingerprint density at radius 1 is 1.40 bits per heavy atom. The van der Waals surface area contributed by atoms with Gasteiger partial charge in [0.1, 0.15) is 18.4 Å². The van der Waals surface area contributed by atoms with Gasteiger partial charge in [0, 0.05) is 0 Å². The minimum atomic E-state index is -0.287. The molecule has 0 aliphatic carbocycles. The maximum Gasteiger partial charge on any atom is 0.276 e. The van der Waals surface area contributed by atoms with E-state index in [-0.39, 0.29) is 12.5 Å². The molecule has 1 amide bonds. The Labute approximate surface area is 125 Å². The molecule has 0 saturated heterocycles. The lowest BCUT2D eigenvalue weighted by molar-refractivity contribution is -0.119. The zero-order chi connectivity index (χ0) is 14.5. The number of rotatable bonds is 5. The summed E-state index contributed by atoms with van der Waals surface area (Å²) in [7, 11) is 0. The van der Waals surface area contributed by atoms with Crippen molar-refractivity contribution in [1.82, 2.24) is 14.9 Å². The molecule has 1 aromatic carbocycles. The van der Waals surface area contributed by atoms with Crippen molar-refractivity contribution in [2.24, 2.45) is 0 Å². The lowest BCUT2D eigenvalue weighted by Gasteiger charge is -2.11. The van der Waals surface area contributed by atoms with Crippen molar-refractivity contribution in [1.29, 1.82) is 0 Å². The van der Waals surface area contributed by atoms with Gasteiger partial charge in [0.2, 0.25) is 0 Å². The maximum atomic E-state index is 11.6. The summed E-state index contributed by atoms with van der Waals surface area (Å²) in [5, 5.41) is 7.17. The van der Waals surface area contributed by atoms with Gasteiger partial charge in [-0.05, 0) is 39.5 Å². The number of nitrogens with zero attached hydrogens (tertiary/aromatic N) is 3. The van der Waals surface area contributed by atoms with Crippen molar-refractivity contribution in [3.05, 3.63) is 40.9 Å². The first kappa shape index (κ1) is 14.5. The van der Waals surface area contributed by atoms with Crippen LogP contribution >= 0.6 is 15.9 Å². The second kappa shape index (κ2) is 6.51. The molecule has 0 bridgehead atoms.